The summed E-state index contributed by atoms with van der Waals surface area (Å²) in [7, 11) is 0. The van der Waals surface area contributed by atoms with Crippen molar-refractivity contribution in [2.24, 2.45) is 0 Å². The van der Waals surface area contributed by atoms with E-state index in [1.807, 2.05) is 36.4 Å². The summed E-state index contributed by atoms with van der Waals surface area (Å²) in [6, 6.07) is 8.02. The summed E-state index contributed by atoms with van der Waals surface area (Å²) in [4.78, 5) is 11.3. The molecule has 1 aromatic carbocycles. The largest absolute Gasteiger partial charge is 0.492 e. The maximum Gasteiger partial charge on any atom is 0.155 e. The van der Waals surface area contributed by atoms with Crippen molar-refractivity contribution in [3.05, 3.63) is 47.6 Å². The van der Waals surface area contributed by atoms with E-state index in [1.165, 1.54) is 0 Å². The molecule has 1 aromatic rings. The monoisotopic (exact) mass is 285 g/mol. The molecule has 0 saturated heterocycles. The summed E-state index contributed by atoms with van der Waals surface area (Å²) in [6.45, 7) is 4.58. The van der Waals surface area contributed by atoms with Gasteiger partial charge in [0, 0.05) is 13.0 Å². The SMILES string of the molecule is CCNCCOc1ccc(/C=C/C2=CC(=O)CCC2)cc1. The van der Waals surface area contributed by atoms with Crippen molar-refractivity contribution < 1.29 is 9.53 Å². The molecule has 0 bridgehead atoms. The third kappa shape index (κ3) is 5.56. The van der Waals surface area contributed by atoms with Gasteiger partial charge in [0.05, 0.1) is 0 Å². The molecule has 0 heterocycles. The van der Waals surface area contributed by atoms with Crippen LogP contribution >= 0.6 is 0 Å². The first-order valence-corrected chi connectivity index (χ1v) is 7.63. The third-order valence-electron chi connectivity index (χ3n) is 3.40. The van der Waals surface area contributed by atoms with E-state index in [2.05, 4.69) is 12.2 Å². The second kappa shape index (κ2) is 8.42. The maximum absolute atomic E-state index is 11.3. The Hall–Kier alpha value is -1.87. The van der Waals surface area contributed by atoms with E-state index in [1.54, 1.807) is 6.08 Å². The predicted molar refractivity (Wildman–Crippen MR) is 86.5 cm³/mol. The fourth-order valence-electron chi connectivity index (χ4n) is 2.25. The van der Waals surface area contributed by atoms with Crippen LogP contribution < -0.4 is 10.1 Å². The van der Waals surface area contributed by atoms with Gasteiger partial charge in [0.2, 0.25) is 0 Å². The molecule has 1 aliphatic rings. The minimum atomic E-state index is 0.241. The second-order valence-corrected chi connectivity index (χ2v) is 5.14. The standard InChI is InChI=1S/C18H23NO2/c1-2-19-12-13-21-18-10-8-15(9-11-18)6-7-16-4-3-5-17(20)14-16/h6-11,14,19H,2-5,12-13H2,1H3/b7-6+. The Morgan fingerprint density at radius 2 is 2.00 bits per heavy atom. The van der Waals surface area contributed by atoms with Crippen molar-refractivity contribution in [2.45, 2.75) is 26.2 Å². The van der Waals surface area contributed by atoms with Crippen molar-refractivity contribution in [2.75, 3.05) is 19.7 Å². The average Bonchev–Trinajstić information content (AvgIpc) is 2.51. The van der Waals surface area contributed by atoms with Crippen LogP contribution in [0.3, 0.4) is 0 Å². The number of carbonyl (C=O) groups excluding carboxylic acids is 1. The number of ether oxygens (including phenoxy) is 1. The first kappa shape index (κ1) is 15.5. The van der Waals surface area contributed by atoms with Crippen molar-refractivity contribution in [1.29, 1.82) is 0 Å². The number of hydrogen-bond donors (Lipinski definition) is 1. The lowest BCUT2D eigenvalue weighted by Crippen LogP contribution is -2.20. The van der Waals surface area contributed by atoms with Crippen LogP contribution in [0.15, 0.2) is 42.0 Å². The molecule has 0 aromatic heterocycles. The molecule has 0 unspecified atom stereocenters. The number of ketones is 1. The average molecular weight is 285 g/mol. The Balaban J connectivity index is 1.85. The topological polar surface area (TPSA) is 38.3 Å². The van der Waals surface area contributed by atoms with Crippen LogP contribution in [0.25, 0.3) is 6.08 Å². The summed E-state index contributed by atoms with van der Waals surface area (Å²) < 4.78 is 5.63. The van der Waals surface area contributed by atoms with Crippen LogP contribution in [0, 0.1) is 0 Å². The van der Waals surface area contributed by atoms with E-state index in [9.17, 15) is 4.79 Å². The number of likely N-dealkylation sites (N-methyl/N-ethyl adjacent to an activating group) is 1. The van der Waals surface area contributed by atoms with Crippen molar-refractivity contribution >= 4 is 11.9 Å². The fraction of sp³-hybridized carbons (Fsp3) is 0.389. The summed E-state index contributed by atoms with van der Waals surface area (Å²) in [5.74, 6) is 1.13. The molecule has 0 fully saturated rings. The van der Waals surface area contributed by atoms with E-state index in [-0.39, 0.29) is 5.78 Å². The fourth-order valence-corrected chi connectivity index (χ4v) is 2.25. The molecule has 1 aliphatic carbocycles. The van der Waals surface area contributed by atoms with Crippen LogP contribution in [-0.2, 0) is 4.79 Å². The minimum Gasteiger partial charge on any atom is -0.492 e. The molecule has 0 amide bonds. The molecule has 112 valence electrons. The molecule has 0 spiro atoms. The summed E-state index contributed by atoms with van der Waals surface area (Å²) >= 11 is 0. The highest BCUT2D eigenvalue weighted by Crippen LogP contribution is 2.18. The molecule has 3 heteroatoms. The zero-order valence-corrected chi connectivity index (χ0v) is 12.6. The third-order valence-corrected chi connectivity index (χ3v) is 3.40. The second-order valence-electron chi connectivity index (χ2n) is 5.14. The number of carbonyl (C=O) groups is 1. The van der Waals surface area contributed by atoms with E-state index in [0.717, 1.165) is 42.8 Å². The Labute approximate surface area is 126 Å². The Kier molecular flexibility index (Phi) is 6.22. The zero-order chi connectivity index (χ0) is 14.9. The number of rotatable bonds is 7. The van der Waals surface area contributed by atoms with Crippen molar-refractivity contribution in [3.63, 3.8) is 0 Å². The maximum atomic E-state index is 11.3. The number of nitrogens with one attached hydrogen (secondary N) is 1. The van der Waals surface area contributed by atoms with E-state index < -0.39 is 0 Å². The predicted octanol–water partition coefficient (Wildman–Crippen LogP) is 3.37. The lowest BCUT2D eigenvalue weighted by atomic mass is 9.98. The number of benzene rings is 1. The Bertz CT molecular complexity index is 515. The van der Waals surface area contributed by atoms with Gasteiger partial charge in [-0.1, -0.05) is 31.2 Å². The number of allylic oxidation sites excluding steroid dienone is 3. The lowest BCUT2D eigenvalue weighted by Gasteiger charge is -2.08. The van der Waals surface area contributed by atoms with E-state index in [4.69, 9.17) is 4.74 Å². The molecular formula is C18H23NO2. The van der Waals surface area contributed by atoms with Crippen LogP contribution in [-0.4, -0.2) is 25.5 Å². The molecule has 0 saturated carbocycles. The first-order chi connectivity index (χ1) is 10.3. The van der Waals surface area contributed by atoms with Crippen LogP contribution in [0.4, 0.5) is 0 Å². The molecule has 3 nitrogen and oxygen atoms in total. The van der Waals surface area contributed by atoms with Crippen LogP contribution in [0.2, 0.25) is 0 Å². The van der Waals surface area contributed by atoms with Gasteiger partial charge in [0.25, 0.3) is 0 Å². The lowest BCUT2D eigenvalue weighted by molar-refractivity contribution is -0.115. The Morgan fingerprint density at radius 3 is 2.71 bits per heavy atom. The molecule has 0 aliphatic heterocycles. The summed E-state index contributed by atoms with van der Waals surface area (Å²) in [6.07, 6.45) is 8.50. The van der Waals surface area contributed by atoms with Crippen molar-refractivity contribution in [1.82, 2.24) is 5.32 Å². The highest BCUT2D eigenvalue weighted by Gasteiger charge is 2.06. The number of hydrogen-bond acceptors (Lipinski definition) is 3. The normalized spacial score (nSPS) is 15.3. The van der Waals surface area contributed by atoms with Gasteiger partial charge in [0.15, 0.2) is 5.78 Å². The van der Waals surface area contributed by atoms with Crippen LogP contribution in [0.1, 0.15) is 31.7 Å². The van der Waals surface area contributed by atoms with Gasteiger partial charge in [-0.3, -0.25) is 4.79 Å². The van der Waals surface area contributed by atoms with Crippen molar-refractivity contribution in [3.8, 4) is 5.75 Å². The molecule has 2 rings (SSSR count). The molecule has 0 atom stereocenters. The summed E-state index contributed by atoms with van der Waals surface area (Å²) in [5, 5.41) is 3.22. The summed E-state index contributed by atoms with van der Waals surface area (Å²) in [5.41, 5.74) is 2.24. The highest BCUT2D eigenvalue weighted by atomic mass is 16.5. The highest BCUT2D eigenvalue weighted by molar-refractivity contribution is 5.91. The minimum absolute atomic E-state index is 0.241. The van der Waals surface area contributed by atoms with E-state index in [0.29, 0.717) is 13.0 Å². The molecule has 21 heavy (non-hydrogen) atoms. The van der Waals surface area contributed by atoms with E-state index >= 15 is 0 Å². The van der Waals surface area contributed by atoms with Crippen LogP contribution in [0.5, 0.6) is 5.75 Å². The molecule has 0 radical (unpaired) electrons. The molecular weight excluding hydrogens is 262 g/mol. The zero-order valence-electron chi connectivity index (χ0n) is 12.6. The van der Waals surface area contributed by atoms with Gasteiger partial charge in [-0.25, -0.2) is 0 Å². The smallest absolute Gasteiger partial charge is 0.155 e. The molecule has 1 N–H and O–H groups in total. The quantitative estimate of drug-likeness (QED) is 0.781. The van der Waals surface area contributed by atoms with Gasteiger partial charge in [0.1, 0.15) is 12.4 Å². The van der Waals surface area contributed by atoms with Gasteiger partial charge in [-0.15, -0.1) is 0 Å². The van der Waals surface area contributed by atoms with Gasteiger partial charge in [-0.2, -0.15) is 0 Å². The first-order valence-electron chi connectivity index (χ1n) is 7.63. The Morgan fingerprint density at radius 1 is 1.19 bits per heavy atom. The van der Waals surface area contributed by atoms with Gasteiger partial charge >= 0.3 is 0 Å². The van der Waals surface area contributed by atoms with Gasteiger partial charge < -0.3 is 10.1 Å². The van der Waals surface area contributed by atoms with Gasteiger partial charge in [-0.05, 0) is 48.7 Å².